The summed E-state index contributed by atoms with van der Waals surface area (Å²) in [6, 6.07) is 19.2. The number of nitrogens with zero attached hydrogens (tertiary/aromatic N) is 3. The van der Waals surface area contributed by atoms with Crippen LogP contribution in [-0.4, -0.2) is 37.3 Å². The number of benzene rings is 2. The van der Waals surface area contributed by atoms with Gasteiger partial charge in [0.25, 0.3) is 0 Å². The van der Waals surface area contributed by atoms with Gasteiger partial charge in [-0.2, -0.15) is 0 Å². The first-order chi connectivity index (χ1) is 14.1. The molecule has 2 aromatic carbocycles. The Morgan fingerprint density at radius 3 is 2.24 bits per heavy atom. The molecule has 0 N–H and O–H groups in total. The summed E-state index contributed by atoms with van der Waals surface area (Å²) >= 11 is 0. The summed E-state index contributed by atoms with van der Waals surface area (Å²) in [5.74, 6) is -0.704. The third kappa shape index (κ3) is 6.56. The lowest BCUT2D eigenvalue weighted by Crippen LogP contribution is -2.43. The van der Waals surface area contributed by atoms with Crippen molar-refractivity contribution in [3.8, 4) is 0 Å². The monoisotopic (exact) mass is 397 g/mol. The summed E-state index contributed by atoms with van der Waals surface area (Å²) in [5.41, 5.74) is 11.2. The summed E-state index contributed by atoms with van der Waals surface area (Å²) in [4.78, 5) is 3.01. The molecule has 1 fully saturated rings. The molecule has 1 aliphatic heterocycles. The van der Waals surface area contributed by atoms with Crippen LogP contribution >= 0.6 is 0 Å². The predicted octanol–water partition coefficient (Wildman–Crippen LogP) is 4.62. The smallest absolute Gasteiger partial charge is 0.163 e. The quantitative estimate of drug-likeness (QED) is 0.333. The Morgan fingerprint density at radius 1 is 1.07 bits per heavy atom. The van der Waals surface area contributed by atoms with Crippen molar-refractivity contribution in [1.29, 1.82) is 0 Å². The van der Waals surface area contributed by atoms with Crippen molar-refractivity contribution in [2.45, 2.75) is 51.1 Å². The Bertz CT molecular complexity index is 794. The Hall–Kier alpha value is -2.41. The van der Waals surface area contributed by atoms with Gasteiger partial charge in [0.1, 0.15) is 6.10 Å². The number of azide groups is 1. The highest BCUT2D eigenvalue weighted by atomic mass is 16.7. The maximum atomic E-state index is 9.11. The van der Waals surface area contributed by atoms with Crippen molar-refractivity contribution in [2.75, 3.05) is 13.2 Å². The van der Waals surface area contributed by atoms with Gasteiger partial charge in [-0.05, 0) is 30.5 Å². The third-order valence-electron chi connectivity index (χ3n) is 4.66. The van der Waals surface area contributed by atoms with E-state index in [0.717, 1.165) is 11.1 Å². The molecule has 29 heavy (non-hydrogen) atoms. The fraction of sp³-hybridized carbons (Fsp3) is 0.455. The molecule has 2 aromatic rings. The number of hydrogen-bond donors (Lipinski definition) is 0. The molecular weight excluding hydrogens is 370 g/mol. The predicted molar refractivity (Wildman–Crippen MR) is 109 cm³/mol. The minimum atomic E-state index is -0.704. The first-order valence-corrected chi connectivity index (χ1v) is 9.70. The van der Waals surface area contributed by atoms with E-state index in [4.69, 9.17) is 24.5 Å². The lowest BCUT2D eigenvalue weighted by Gasteiger charge is -2.29. The number of rotatable bonds is 10. The Morgan fingerprint density at radius 2 is 1.69 bits per heavy atom. The van der Waals surface area contributed by atoms with Crippen molar-refractivity contribution in [3.63, 3.8) is 0 Å². The highest BCUT2D eigenvalue weighted by Gasteiger charge is 2.41. The van der Waals surface area contributed by atoms with Crippen LogP contribution in [0.3, 0.4) is 0 Å². The summed E-state index contributed by atoms with van der Waals surface area (Å²) in [5, 5.41) is 3.96. The summed E-state index contributed by atoms with van der Waals surface area (Å²) in [6.07, 6.45) is -0.854. The fourth-order valence-electron chi connectivity index (χ4n) is 3.24. The van der Waals surface area contributed by atoms with E-state index in [-0.39, 0.29) is 12.7 Å². The molecule has 1 aliphatic rings. The third-order valence-corrected chi connectivity index (χ3v) is 4.66. The van der Waals surface area contributed by atoms with Crippen molar-refractivity contribution in [1.82, 2.24) is 0 Å². The zero-order valence-electron chi connectivity index (χ0n) is 16.8. The largest absolute Gasteiger partial charge is 0.376 e. The second kappa shape index (κ2) is 10.4. The maximum Gasteiger partial charge on any atom is 0.163 e. The van der Waals surface area contributed by atoms with E-state index in [9.17, 15) is 0 Å². The van der Waals surface area contributed by atoms with Gasteiger partial charge in [0.2, 0.25) is 0 Å². The topological polar surface area (TPSA) is 85.7 Å². The van der Waals surface area contributed by atoms with Crippen LogP contribution < -0.4 is 0 Å². The highest BCUT2D eigenvalue weighted by molar-refractivity contribution is 5.14. The van der Waals surface area contributed by atoms with Crippen LogP contribution in [0.1, 0.15) is 25.0 Å². The highest BCUT2D eigenvalue weighted by Crippen LogP contribution is 2.28. The Kier molecular flexibility index (Phi) is 7.63. The molecule has 0 amide bonds. The zero-order valence-corrected chi connectivity index (χ0v) is 16.8. The van der Waals surface area contributed by atoms with Crippen LogP contribution in [0.15, 0.2) is 65.8 Å². The van der Waals surface area contributed by atoms with Crippen LogP contribution in [0.4, 0.5) is 0 Å². The molecule has 1 saturated heterocycles. The van der Waals surface area contributed by atoms with Crippen LogP contribution in [-0.2, 0) is 32.2 Å². The molecule has 0 spiro atoms. The van der Waals surface area contributed by atoms with E-state index >= 15 is 0 Å². The van der Waals surface area contributed by atoms with Crippen LogP contribution in [0.2, 0.25) is 0 Å². The lowest BCUT2D eigenvalue weighted by molar-refractivity contribution is -0.162. The van der Waals surface area contributed by atoms with Crippen molar-refractivity contribution in [2.24, 2.45) is 5.11 Å². The Labute approximate surface area is 171 Å². The molecule has 0 aromatic heterocycles. The number of ether oxygens (including phenoxy) is 4. The first-order valence-electron chi connectivity index (χ1n) is 9.70. The molecule has 0 aliphatic carbocycles. The normalized spacial score (nSPS) is 20.0. The second-order valence-corrected chi connectivity index (χ2v) is 7.40. The van der Waals surface area contributed by atoms with Gasteiger partial charge in [-0.25, -0.2) is 0 Å². The molecule has 3 rings (SSSR count). The van der Waals surface area contributed by atoms with Crippen LogP contribution in [0.5, 0.6) is 0 Å². The first kappa shape index (κ1) is 21.3. The van der Waals surface area contributed by atoms with Gasteiger partial charge < -0.3 is 18.9 Å². The number of hydrogen-bond acceptors (Lipinski definition) is 5. The summed E-state index contributed by atoms with van der Waals surface area (Å²) in [7, 11) is 0. The summed E-state index contributed by atoms with van der Waals surface area (Å²) < 4.78 is 23.7. The van der Waals surface area contributed by atoms with E-state index in [1.54, 1.807) is 0 Å². The molecule has 3 atom stereocenters. The van der Waals surface area contributed by atoms with Gasteiger partial charge in [-0.3, -0.25) is 0 Å². The molecule has 7 heteroatoms. The molecule has 1 heterocycles. The van der Waals surface area contributed by atoms with Crippen molar-refractivity contribution >= 4 is 0 Å². The molecule has 154 valence electrons. The van der Waals surface area contributed by atoms with E-state index in [1.165, 1.54) is 0 Å². The van der Waals surface area contributed by atoms with E-state index < -0.39 is 17.9 Å². The molecule has 7 nitrogen and oxygen atoms in total. The SMILES string of the molecule is CC1(C)OC[C@@H]([C@H](OCc2ccccc2)[C@@H](COCc2ccccc2)N=[N+]=[N-])O1. The standard InChI is InChI=1S/C22H27N3O4/c1-22(2)28-16-20(29-22)21(27-14-18-11-7-4-8-12-18)19(24-25-23)15-26-13-17-9-5-3-6-10-17/h3-12,19-21H,13-16H2,1-2H3/t19-,20+,21-/m1/s1. The van der Waals surface area contributed by atoms with Crippen LogP contribution in [0, 0.1) is 0 Å². The van der Waals surface area contributed by atoms with E-state index in [0.29, 0.717) is 19.8 Å². The zero-order chi connectivity index (χ0) is 20.5. The van der Waals surface area contributed by atoms with Crippen molar-refractivity contribution in [3.05, 3.63) is 82.2 Å². The van der Waals surface area contributed by atoms with Gasteiger partial charge >= 0.3 is 0 Å². The molecule has 0 bridgehead atoms. The van der Waals surface area contributed by atoms with Gasteiger partial charge in [-0.1, -0.05) is 65.8 Å². The Balaban J connectivity index is 1.68. The van der Waals surface area contributed by atoms with Gasteiger partial charge in [-0.15, -0.1) is 0 Å². The van der Waals surface area contributed by atoms with E-state index in [2.05, 4.69) is 10.0 Å². The van der Waals surface area contributed by atoms with Gasteiger partial charge in [0, 0.05) is 4.91 Å². The molecule has 0 radical (unpaired) electrons. The minimum absolute atomic E-state index is 0.221. The molecular formula is C22H27N3O4. The van der Waals surface area contributed by atoms with Gasteiger partial charge in [0.05, 0.1) is 38.6 Å². The average Bonchev–Trinajstić information content (AvgIpc) is 3.09. The second-order valence-electron chi connectivity index (χ2n) is 7.40. The molecule has 0 saturated carbocycles. The lowest BCUT2D eigenvalue weighted by atomic mass is 10.1. The minimum Gasteiger partial charge on any atom is -0.376 e. The average molecular weight is 397 g/mol. The summed E-state index contributed by atoms with van der Waals surface area (Å²) in [6.45, 7) is 5.10. The van der Waals surface area contributed by atoms with Crippen molar-refractivity contribution < 1.29 is 18.9 Å². The maximum absolute atomic E-state index is 9.11. The molecule has 0 unspecified atom stereocenters. The van der Waals surface area contributed by atoms with Crippen LogP contribution in [0.25, 0.3) is 10.4 Å². The van der Waals surface area contributed by atoms with E-state index in [1.807, 2.05) is 74.5 Å². The van der Waals surface area contributed by atoms with Gasteiger partial charge in [0.15, 0.2) is 5.79 Å². The fourth-order valence-corrected chi connectivity index (χ4v) is 3.24.